The Hall–Kier alpha value is -3.46. The number of hydrogen-bond donors (Lipinski definition) is 2. The number of furan rings is 1. The molecule has 2 N–H and O–H groups in total. The van der Waals surface area contributed by atoms with Crippen molar-refractivity contribution in [2.24, 2.45) is 0 Å². The minimum absolute atomic E-state index is 0.0577. The first-order valence-corrected chi connectivity index (χ1v) is 9.35. The second-order valence-electron chi connectivity index (χ2n) is 6.39. The Morgan fingerprint density at radius 1 is 1.25 bits per heavy atom. The second-order valence-corrected chi connectivity index (χ2v) is 7.25. The van der Waals surface area contributed by atoms with E-state index in [-0.39, 0.29) is 12.2 Å². The summed E-state index contributed by atoms with van der Waals surface area (Å²) in [7, 11) is 0. The summed E-state index contributed by atoms with van der Waals surface area (Å²) in [5, 5.41) is 5.79. The first-order valence-electron chi connectivity index (χ1n) is 8.47. The molecule has 3 aromatic rings. The predicted molar refractivity (Wildman–Crippen MR) is 101 cm³/mol. The lowest BCUT2D eigenvalue weighted by molar-refractivity contribution is -0.139. The Bertz CT molecular complexity index is 1030. The van der Waals surface area contributed by atoms with Crippen LogP contribution in [0, 0.1) is 0 Å². The number of carbonyl (C=O) groups excluding carboxylic acids is 3. The van der Waals surface area contributed by atoms with Crippen molar-refractivity contribution >= 4 is 29.2 Å². The van der Waals surface area contributed by atoms with Crippen molar-refractivity contribution in [2.75, 3.05) is 0 Å². The van der Waals surface area contributed by atoms with Gasteiger partial charge in [-0.1, -0.05) is 30.3 Å². The maximum Gasteiger partial charge on any atom is 0.344 e. The number of benzene rings is 1. The van der Waals surface area contributed by atoms with Crippen LogP contribution in [0.5, 0.6) is 0 Å². The molecule has 0 bridgehead atoms. The van der Waals surface area contributed by atoms with E-state index in [0.29, 0.717) is 10.7 Å². The zero-order valence-electron chi connectivity index (χ0n) is 14.8. The maximum atomic E-state index is 12.7. The number of thiazole rings is 1. The lowest BCUT2D eigenvalue weighted by Gasteiger charge is -2.19. The molecule has 2 aromatic heterocycles. The number of amides is 4. The summed E-state index contributed by atoms with van der Waals surface area (Å²) < 4.78 is 5.25. The molecule has 4 amide bonds. The smallest absolute Gasteiger partial charge is 0.344 e. The number of hydrazine groups is 1. The number of nitrogens with one attached hydrogen (secondary N) is 2. The molecular weight excluding hydrogens is 380 g/mol. The molecule has 0 saturated carbocycles. The van der Waals surface area contributed by atoms with Gasteiger partial charge in [-0.2, -0.15) is 5.01 Å². The van der Waals surface area contributed by atoms with Crippen LogP contribution in [0.25, 0.3) is 10.6 Å². The minimum atomic E-state index is -1.37. The molecule has 1 saturated heterocycles. The highest BCUT2D eigenvalue weighted by Crippen LogP contribution is 2.28. The lowest BCUT2D eigenvalue weighted by atomic mass is 10.00. The molecular formula is C19H16N4O4S. The summed E-state index contributed by atoms with van der Waals surface area (Å²) in [5.41, 5.74) is 2.50. The molecule has 1 aliphatic heterocycles. The third-order valence-corrected chi connectivity index (χ3v) is 5.30. The van der Waals surface area contributed by atoms with Gasteiger partial charge >= 0.3 is 6.03 Å². The number of hydrogen-bond acceptors (Lipinski definition) is 6. The summed E-state index contributed by atoms with van der Waals surface area (Å²) in [4.78, 5) is 41.7. The van der Waals surface area contributed by atoms with Crippen LogP contribution in [0.15, 0.2) is 58.5 Å². The monoisotopic (exact) mass is 396 g/mol. The van der Waals surface area contributed by atoms with Crippen LogP contribution in [-0.2, 0) is 21.5 Å². The van der Waals surface area contributed by atoms with E-state index in [0.717, 1.165) is 10.6 Å². The van der Waals surface area contributed by atoms with Crippen LogP contribution in [0.4, 0.5) is 4.79 Å². The molecule has 3 heterocycles. The number of rotatable bonds is 5. The van der Waals surface area contributed by atoms with Crippen LogP contribution in [0.3, 0.4) is 0 Å². The quantitative estimate of drug-likeness (QED) is 0.645. The minimum Gasteiger partial charge on any atom is -0.466 e. The zero-order valence-corrected chi connectivity index (χ0v) is 15.7. The fourth-order valence-corrected chi connectivity index (χ4v) is 3.73. The van der Waals surface area contributed by atoms with Gasteiger partial charge < -0.3 is 9.73 Å². The highest BCUT2D eigenvalue weighted by molar-refractivity contribution is 7.13. The van der Waals surface area contributed by atoms with Gasteiger partial charge in [-0.05, 0) is 19.1 Å². The molecule has 8 nitrogen and oxygen atoms in total. The molecule has 0 spiro atoms. The summed E-state index contributed by atoms with van der Waals surface area (Å²) >= 11 is 1.42. The molecule has 1 aliphatic rings. The van der Waals surface area contributed by atoms with E-state index >= 15 is 0 Å². The van der Waals surface area contributed by atoms with Gasteiger partial charge in [-0.25, -0.2) is 9.78 Å². The van der Waals surface area contributed by atoms with Gasteiger partial charge in [0.05, 0.1) is 18.4 Å². The molecule has 28 heavy (non-hydrogen) atoms. The number of aromatic nitrogens is 1. The van der Waals surface area contributed by atoms with E-state index in [1.165, 1.54) is 24.5 Å². The number of carbonyl (C=O) groups is 3. The van der Waals surface area contributed by atoms with E-state index in [1.54, 1.807) is 17.5 Å². The summed E-state index contributed by atoms with van der Waals surface area (Å²) in [6.45, 7) is 1.52. The van der Waals surface area contributed by atoms with Crippen molar-refractivity contribution in [1.82, 2.24) is 20.7 Å². The molecule has 0 aliphatic carbocycles. The second kappa shape index (κ2) is 6.93. The molecule has 9 heteroatoms. The third kappa shape index (κ3) is 3.16. The summed E-state index contributed by atoms with van der Waals surface area (Å²) in [5.74, 6) is -0.851. The topological polar surface area (TPSA) is 105 Å². The molecule has 0 radical (unpaired) electrons. The van der Waals surface area contributed by atoms with E-state index in [2.05, 4.69) is 15.7 Å². The average Bonchev–Trinajstić information content (AvgIpc) is 3.41. The normalized spacial score (nSPS) is 19.0. The van der Waals surface area contributed by atoms with Gasteiger partial charge in [0.1, 0.15) is 10.8 Å². The van der Waals surface area contributed by atoms with Crippen molar-refractivity contribution in [1.29, 1.82) is 0 Å². The van der Waals surface area contributed by atoms with Gasteiger partial charge in [0.2, 0.25) is 5.91 Å². The molecule has 1 atom stereocenters. The van der Waals surface area contributed by atoms with Gasteiger partial charge in [0.25, 0.3) is 5.91 Å². The zero-order chi connectivity index (χ0) is 19.7. The first kappa shape index (κ1) is 17.9. The van der Waals surface area contributed by atoms with Gasteiger partial charge in [0.15, 0.2) is 5.54 Å². The number of nitrogens with zero attached hydrogens (tertiary/aromatic N) is 2. The highest BCUT2D eigenvalue weighted by atomic mass is 32.1. The van der Waals surface area contributed by atoms with Crippen molar-refractivity contribution in [3.8, 4) is 10.6 Å². The summed E-state index contributed by atoms with van der Waals surface area (Å²) in [6.07, 6.45) is 1.35. The van der Waals surface area contributed by atoms with E-state index in [9.17, 15) is 14.4 Å². The predicted octanol–water partition coefficient (Wildman–Crippen LogP) is 2.44. The Labute approximate surface area is 164 Å². The fraction of sp³-hybridized carbons (Fsp3) is 0.158. The first-order chi connectivity index (χ1) is 13.5. The van der Waals surface area contributed by atoms with Crippen molar-refractivity contribution in [3.63, 3.8) is 0 Å². The van der Waals surface area contributed by atoms with Gasteiger partial charge in [-0.3, -0.25) is 15.0 Å². The highest BCUT2D eigenvalue weighted by Gasteiger charge is 2.51. The van der Waals surface area contributed by atoms with Crippen LogP contribution < -0.4 is 10.7 Å². The van der Waals surface area contributed by atoms with E-state index < -0.39 is 23.4 Å². The Balaban J connectivity index is 1.44. The third-order valence-electron chi connectivity index (χ3n) is 4.36. The van der Waals surface area contributed by atoms with E-state index in [1.807, 2.05) is 30.3 Å². The van der Waals surface area contributed by atoms with Gasteiger partial charge in [0, 0.05) is 10.9 Å². The fourth-order valence-electron chi connectivity index (χ4n) is 2.90. The Morgan fingerprint density at radius 2 is 2.04 bits per heavy atom. The van der Waals surface area contributed by atoms with Crippen molar-refractivity contribution < 1.29 is 18.8 Å². The lowest BCUT2D eigenvalue weighted by Crippen LogP contribution is -2.48. The van der Waals surface area contributed by atoms with Crippen LogP contribution in [0.2, 0.25) is 0 Å². The molecule has 4 rings (SSSR count). The SMILES string of the molecule is C[C@]1(c2ccco2)NC(=O)N(NC(=O)Cc2csc(-c3ccccc3)n2)C1=O. The van der Waals surface area contributed by atoms with Crippen LogP contribution >= 0.6 is 11.3 Å². The summed E-state index contributed by atoms with van der Waals surface area (Å²) in [6, 6.07) is 12.1. The number of urea groups is 1. The molecule has 142 valence electrons. The van der Waals surface area contributed by atoms with Crippen LogP contribution in [0.1, 0.15) is 18.4 Å². The molecule has 1 aromatic carbocycles. The average molecular weight is 396 g/mol. The standard InChI is InChI=1S/C19H16N4O4S/c1-19(14-8-5-9-27-14)17(25)23(18(26)21-19)22-15(24)10-13-11-28-16(20-13)12-6-3-2-4-7-12/h2-9,11H,10H2,1H3,(H,21,26)(H,22,24)/t19-/m1/s1. The van der Waals surface area contributed by atoms with Crippen molar-refractivity contribution in [2.45, 2.75) is 18.9 Å². The molecule has 1 fully saturated rings. The van der Waals surface area contributed by atoms with E-state index in [4.69, 9.17) is 4.42 Å². The molecule has 0 unspecified atom stereocenters. The number of imide groups is 1. The largest absolute Gasteiger partial charge is 0.466 e. The Kier molecular flexibility index (Phi) is 4.44. The van der Waals surface area contributed by atoms with Gasteiger partial charge in [-0.15, -0.1) is 11.3 Å². The maximum absolute atomic E-state index is 12.7. The van der Waals surface area contributed by atoms with Crippen LogP contribution in [-0.4, -0.2) is 27.8 Å². The Morgan fingerprint density at radius 3 is 2.75 bits per heavy atom. The van der Waals surface area contributed by atoms with Crippen molar-refractivity contribution in [3.05, 3.63) is 65.6 Å².